The van der Waals surface area contributed by atoms with Crippen molar-refractivity contribution in [2.24, 2.45) is 0 Å². The van der Waals surface area contributed by atoms with Gasteiger partial charge in [-0.05, 0) is 47.8 Å². The Morgan fingerprint density at radius 3 is 2.68 bits per heavy atom. The maximum absolute atomic E-state index is 12.5. The molecule has 0 saturated heterocycles. The lowest BCUT2D eigenvalue weighted by molar-refractivity contribution is -0.134. The summed E-state index contributed by atoms with van der Waals surface area (Å²) < 4.78 is 0. The molecular weight excluding hydrogens is 368 g/mol. The van der Waals surface area contributed by atoms with E-state index in [0.717, 1.165) is 19.4 Å². The molecule has 3 rings (SSSR count). The van der Waals surface area contributed by atoms with E-state index in [1.54, 1.807) is 11.3 Å². The monoisotopic (exact) mass is 398 g/mol. The first-order valence-electron chi connectivity index (χ1n) is 10.0. The molecule has 4 nitrogen and oxygen atoms in total. The van der Waals surface area contributed by atoms with E-state index in [1.807, 2.05) is 30.0 Å². The molecular formula is C23H30N2O2S. The van der Waals surface area contributed by atoms with Gasteiger partial charge in [0.2, 0.25) is 11.8 Å². The third-order valence-corrected chi connectivity index (χ3v) is 6.53. The average Bonchev–Trinajstić information content (AvgIpc) is 3.14. The SMILES string of the molecule is CC(CC(C)(C)c1ccccc1)NC(=O)CCC(=O)N1CCc2sccc2C1. The number of thiophene rings is 1. The molecule has 1 aliphatic heterocycles. The number of carbonyl (C=O) groups excluding carboxylic acids is 2. The zero-order chi connectivity index (χ0) is 20.1. The van der Waals surface area contributed by atoms with Crippen molar-refractivity contribution in [3.05, 3.63) is 57.8 Å². The lowest BCUT2D eigenvalue weighted by Crippen LogP contribution is -2.39. The first kappa shape index (κ1) is 20.6. The van der Waals surface area contributed by atoms with E-state index in [1.165, 1.54) is 16.0 Å². The van der Waals surface area contributed by atoms with Gasteiger partial charge in [0.25, 0.3) is 0 Å². The van der Waals surface area contributed by atoms with Crippen molar-refractivity contribution in [1.82, 2.24) is 10.2 Å². The largest absolute Gasteiger partial charge is 0.354 e. The van der Waals surface area contributed by atoms with E-state index in [2.05, 4.69) is 42.7 Å². The zero-order valence-electron chi connectivity index (χ0n) is 17.0. The van der Waals surface area contributed by atoms with Gasteiger partial charge in [0, 0.05) is 36.9 Å². The van der Waals surface area contributed by atoms with Gasteiger partial charge in [-0.25, -0.2) is 0 Å². The number of nitrogens with zero attached hydrogens (tertiary/aromatic N) is 1. The van der Waals surface area contributed by atoms with Gasteiger partial charge in [-0.3, -0.25) is 9.59 Å². The van der Waals surface area contributed by atoms with Crippen LogP contribution < -0.4 is 5.32 Å². The van der Waals surface area contributed by atoms with Crippen LogP contribution in [0, 0.1) is 0 Å². The summed E-state index contributed by atoms with van der Waals surface area (Å²) in [6.45, 7) is 7.87. The Labute approximate surface area is 172 Å². The predicted octanol–water partition coefficient (Wildman–Crippen LogP) is 4.29. The van der Waals surface area contributed by atoms with Crippen LogP contribution in [0.25, 0.3) is 0 Å². The highest BCUT2D eigenvalue weighted by Gasteiger charge is 2.25. The van der Waals surface area contributed by atoms with Crippen LogP contribution >= 0.6 is 11.3 Å². The van der Waals surface area contributed by atoms with E-state index in [9.17, 15) is 9.59 Å². The molecule has 0 aliphatic carbocycles. The highest BCUT2D eigenvalue weighted by molar-refractivity contribution is 7.10. The quantitative estimate of drug-likeness (QED) is 0.756. The molecule has 1 aromatic carbocycles. The van der Waals surface area contributed by atoms with Gasteiger partial charge in [0.1, 0.15) is 0 Å². The normalized spacial score (nSPS) is 15.0. The van der Waals surface area contributed by atoms with Gasteiger partial charge in [0.05, 0.1) is 0 Å². The summed E-state index contributed by atoms with van der Waals surface area (Å²) in [7, 11) is 0. The van der Waals surface area contributed by atoms with Crippen LogP contribution in [0.4, 0.5) is 0 Å². The molecule has 28 heavy (non-hydrogen) atoms. The van der Waals surface area contributed by atoms with Gasteiger partial charge < -0.3 is 10.2 Å². The smallest absolute Gasteiger partial charge is 0.223 e. The number of benzene rings is 1. The van der Waals surface area contributed by atoms with E-state index in [-0.39, 0.29) is 36.1 Å². The highest BCUT2D eigenvalue weighted by Crippen LogP contribution is 2.28. The highest BCUT2D eigenvalue weighted by atomic mass is 32.1. The van der Waals surface area contributed by atoms with Crippen LogP contribution in [0.5, 0.6) is 0 Å². The number of hydrogen-bond acceptors (Lipinski definition) is 3. The fourth-order valence-corrected chi connectivity index (χ4v) is 4.90. The van der Waals surface area contributed by atoms with E-state index >= 15 is 0 Å². The van der Waals surface area contributed by atoms with Crippen LogP contribution in [-0.2, 0) is 28.0 Å². The molecule has 1 N–H and O–H groups in total. The summed E-state index contributed by atoms with van der Waals surface area (Å²) in [5, 5.41) is 5.16. The van der Waals surface area contributed by atoms with Gasteiger partial charge in [-0.2, -0.15) is 0 Å². The minimum Gasteiger partial charge on any atom is -0.354 e. The zero-order valence-corrected chi connectivity index (χ0v) is 17.8. The Kier molecular flexibility index (Phi) is 6.55. The third-order valence-electron chi connectivity index (χ3n) is 5.51. The summed E-state index contributed by atoms with van der Waals surface area (Å²) in [6, 6.07) is 12.5. The molecule has 0 saturated carbocycles. The number of nitrogens with one attached hydrogen (secondary N) is 1. The number of hydrogen-bond donors (Lipinski definition) is 1. The summed E-state index contributed by atoms with van der Waals surface area (Å²) in [5.74, 6) is 0.0298. The third kappa shape index (κ3) is 5.22. The first-order chi connectivity index (χ1) is 13.3. The van der Waals surface area contributed by atoms with Crippen molar-refractivity contribution < 1.29 is 9.59 Å². The fraction of sp³-hybridized carbons (Fsp3) is 0.478. The molecule has 0 radical (unpaired) electrons. The topological polar surface area (TPSA) is 49.4 Å². The molecule has 5 heteroatoms. The van der Waals surface area contributed by atoms with Gasteiger partial charge >= 0.3 is 0 Å². The van der Waals surface area contributed by atoms with Gasteiger partial charge in [-0.15, -0.1) is 11.3 Å². The minimum absolute atomic E-state index is 0.0180. The first-order valence-corrected chi connectivity index (χ1v) is 10.9. The lowest BCUT2D eigenvalue weighted by atomic mass is 9.79. The van der Waals surface area contributed by atoms with Crippen molar-refractivity contribution >= 4 is 23.2 Å². The van der Waals surface area contributed by atoms with Crippen molar-refractivity contribution in [1.29, 1.82) is 0 Å². The van der Waals surface area contributed by atoms with Crippen molar-refractivity contribution in [2.75, 3.05) is 6.54 Å². The summed E-state index contributed by atoms with van der Waals surface area (Å²) in [4.78, 5) is 28.1. The second kappa shape index (κ2) is 8.91. The van der Waals surface area contributed by atoms with Crippen molar-refractivity contribution in [3.63, 3.8) is 0 Å². The second-order valence-electron chi connectivity index (χ2n) is 8.36. The summed E-state index contributed by atoms with van der Waals surface area (Å²) in [6.07, 6.45) is 2.31. The molecule has 0 bridgehead atoms. The van der Waals surface area contributed by atoms with Crippen LogP contribution in [-0.4, -0.2) is 29.3 Å². The summed E-state index contributed by atoms with van der Waals surface area (Å²) in [5.41, 5.74) is 2.51. The fourth-order valence-electron chi connectivity index (χ4n) is 4.01. The number of rotatable bonds is 7. The van der Waals surface area contributed by atoms with Crippen molar-refractivity contribution in [2.45, 2.75) is 64.5 Å². The number of amides is 2. The number of carbonyl (C=O) groups is 2. The number of fused-ring (bicyclic) bond motifs is 1. The molecule has 0 fully saturated rings. The lowest BCUT2D eigenvalue weighted by Gasteiger charge is -2.29. The molecule has 0 spiro atoms. The molecule has 2 amide bonds. The van der Waals surface area contributed by atoms with E-state index in [4.69, 9.17) is 0 Å². The Balaban J connectivity index is 1.43. The molecule has 150 valence electrons. The molecule has 2 heterocycles. The Bertz CT molecular complexity index is 813. The molecule has 1 atom stereocenters. The van der Waals surface area contributed by atoms with Crippen LogP contribution in [0.2, 0.25) is 0 Å². The van der Waals surface area contributed by atoms with Gasteiger partial charge in [0.15, 0.2) is 0 Å². The molecule has 1 aliphatic rings. The second-order valence-corrected chi connectivity index (χ2v) is 9.36. The maximum Gasteiger partial charge on any atom is 0.223 e. The molecule has 2 aromatic rings. The van der Waals surface area contributed by atoms with E-state index < -0.39 is 0 Å². The maximum atomic E-state index is 12.5. The Morgan fingerprint density at radius 1 is 1.18 bits per heavy atom. The standard InChI is InChI=1S/C23H30N2O2S/c1-17(15-23(2,3)19-7-5-4-6-8-19)24-21(26)9-10-22(27)25-13-11-20-18(16-25)12-14-28-20/h4-8,12,14,17H,9-11,13,15-16H2,1-3H3,(H,24,26). The molecule has 1 aromatic heterocycles. The average molecular weight is 399 g/mol. The van der Waals surface area contributed by atoms with E-state index in [0.29, 0.717) is 6.54 Å². The Hall–Kier alpha value is -2.14. The van der Waals surface area contributed by atoms with Crippen LogP contribution in [0.15, 0.2) is 41.8 Å². The van der Waals surface area contributed by atoms with Crippen LogP contribution in [0.3, 0.4) is 0 Å². The molecule has 1 unspecified atom stereocenters. The Morgan fingerprint density at radius 2 is 1.93 bits per heavy atom. The minimum atomic E-state index is -0.0436. The van der Waals surface area contributed by atoms with Gasteiger partial charge in [-0.1, -0.05) is 44.2 Å². The summed E-state index contributed by atoms with van der Waals surface area (Å²) >= 11 is 1.76. The van der Waals surface area contributed by atoms with Crippen molar-refractivity contribution in [3.8, 4) is 0 Å². The van der Waals surface area contributed by atoms with Crippen LogP contribution in [0.1, 0.15) is 56.0 Å². The predicted molar refractivity (Wildman–Crippen MR) is 114 cm³/mol.